The fourth-order valence-corrected chi connectivity index (χ4v) is 2.30. The third kappa shape index (κ3) is 2.07. The lowest BCUT2D eigenvalue weighted by molar-refractivity contribution is 0.751. The molecular weight excluding hydrogens is 252 g/mol. The normalized spacial score (nSPS) is 11.2. The molecule has 0 unspecified atom stereocenters. The summed E-state index contributed by atoms with van der Waals surface area (Å²) in [6, 6.07) is 0. The summed E-state index contributed by atoms with van der Waals surface area (Å²) in [5, 5.41) is 0. The summed E-state index contributed by atoms with van der Waals surface area (Å²) < 4.78 is 5.13. The first-order chi connectivity index (χ1) is 8.06. The largest absolute Gasteiger partial charge is 0.338 e. The summed E-state index contributed by atoms with van der Waals surface area (Å²) in [6.07, 6.45) is 3.24. The summed E-state index contributed by atoms with van der Waals surface area (Å²) in [5.41, 5.74) is 1.76. The van der Waals surface area contributed by atoms with Crippen molar-refractivity contribution in [2.45, 2.75) is 26.2 Å². The highest BCUT2D eigenvalue weighted by molar-refractivity contribution is 7.72. The Labute approximate surface area is 110 Å². The average Bonchev–Trinajstić information content (AvgIpc) is 2.75. The molecule has 0 aliphatic rings. The van der Waals surface area contributed by atoms with E-state index >= 15 is 0 Å². The third-order valence-electron chi connectivity index (χ3n) is 2.91. The molecular formula is C11H16N4S2. The minimum atomic E-state index is 0.691. The Morgan fingerprint density at radius 3 is 2.59 bits per heavy atom. The van der Waals surface area contributed by atoms with Crippen LogP contribution in [0, 0.1) is 9.41 Å². The first-order valence-electron chi connectivity index (χ1n) is 5.70. The number of imidazole rings is 1. The third-order valence-corrected chi connectivity index (χ3v) is 3.94. The molecule has 17 heavy (non-hydrogen) atoms. The number of nitrogens with one attached hydrogen (secondary N) is 1. The van der Waals surface area contributed by atoms with Crippen molar-refractivity contribution in [2.75, 3.05) is 0 Å². The van der Waals surface area contributed by atoms with E-state index in [1.54, 1.807) is 0 Å². The summed E-state index contributed by atoms with van der Waals surface area (Å²) in [7, 11) is 3.81. The van der Waals surface area contributed by atoms with Crippen LogP contribution in [-0.4, -0.2) is 19.1 Å². The number of rotatable bonds is 3. The van der Waals surface area contributed by atoms with Gasteiger partial charge in [0, 0.05) is 20.5 Å². The second kappa shape index (κ2) is 4.70. The Morgan fingerprint density at radius 2 is 1.94 bits per heavy atom. The number of nitrogens with zero attached hydrogens (tertiary/aromatic N) is 3. The van der Waals surface area contributed by atoms with Gasteiger partial charge in [0.1, 0.15) is 16.0 Å². The van der Waals surface area contributed by atoms with Crippen LogP contribution in [0.1, 0.15) is 25.6 Å². The second-order valence-corrected chi connectivity index (χ2v) is 4.94. The number of unbranched alkanes of at least 4 members (excludes halogenated alkanes) is 1. The van der Waals surface area contributed by atoms with E-state index in [2.05, 4.69) is 16.9 Å². The fourth-order valence-electron chi connectivity index (χ4n) is 1.84. The van der Waals surface area contributed by atoms with Crippen LogP contribution in [0.25, 0.3) is 11.2 Å². The first kappa shape index (κ1) is 12.4. The van der Waals surface area contributed by atoms with E-state index < -0.39 is 0 Å². The minimum absolute atomic E-state index is 0.691. The van der Waals surface area contributed by atoms with Crippen LogP contribution in [-0.2, 0) is 20.5 Å². The maximum Gasteiger partial charge on any atom is 0.182 e. The molecule has 2 aromatic rings. The van der Waals surface area contributed by atoms with E-state index in [0.29, 0.717) is 4.77 Å². The number of fused-ring (bicyclic) bond motifs is 1. The Hall–Kier alpha value is -1.01. The molecule has 0 fully saturated rings. The molecule has 6 heteroatoms. The van der Waals surface area contributed by atoms with Crippen LogP contribution in [0.15, 0.2) is 0 Å². The monoisotopic (exact) mass is 268 g/mol. The van der Waals surface area contributed by atoms with E-state index in [0.717, 1.165) is 40.9 Å². The van der Waals surface area contributed by atoms with Crippen LogP contribution in [0.3, 0.4) is 0 Å². The number of aryl methyl sites for hydroxylation is 2. The molecule has 0 bridgehead atoms. The van der Waals surface area contributed by atoms with Crippen LogP contribution in [0.2, 0.25) is 0 Å². The van der Waals surface area contributed by atoms with Gasteiger partial charge >= 0.3 is 0 Å². The molecule has 2 rings (SSSR count). The molecule has 92 valence electrons. The number of aromatic nitrogens is 4. The van der Waals surface area contributed by atoms with Gasteiger partial charge in [-0.1, -0.05) is 25.6 Å². The van der Waals surface area contributed by atoms with Crippen molar-refractivity contribution in [1.29, 1.82) is 0 Å². The van der Waals surface area contributed by atoms with E-state index in [1.807, 2.05) is 23.2 Å². The molecule has 0 saturated heterocycles. The second-order valence-electron chi connectivity index (χ2n) is 4.19. The quantitative estimate of drug-likeness (QED) is 0.870. The zero-order valence-electron chi connectivity index (χ0n) is 10.3. The van der Waals surface area contributed by atoms with Gasteiger partial charge in [0.2, 0.25) is 0 Å². The molecule has 0 spiro atoms. The maximum absolute atomic E-state index is 5.38. The predicted octanol–water partition coefficient (Wildman–Crippen LogP) is 3.04. The standard InChI is InChI=1S/C11H16N4S2/c1-4-5-6-7-12-8-9(13-7)14(2)11(17)15(3)10(8)16/h4-6H2,1-3H3,(H,12,13). The molecule has 0 radical (unpaired) electrons. The van der Waals surface area contributed by atoms with Gasteiger partial charge in [-0.2, -0.15) is 0 Å². The van der Waals surface area contributed by atoms with Crippen LogP contribution >= 0.6 is 24.4 Å². The molecule has 0 atom stereocenters. The van der Waals surface area contributed by atoms with Gasteiger partial charge in [-0.15, -0.1) is 0 Å². The van der Waals surface area contributed by atoms with Gasteiger partial charge in [-0.05, 0) is 18.6 Å². The van der Waals surface area contributed by atoms with Crippen molar-refractivity contribution in [3.8, 4) is 0 Å². The summed E-state index contributed by atoms with van der Waals surface area (Å²) >= 11 is 10.7. The smallest absolute Gasteiger partial charge is 0.182 e. The Balaban J connectivity index is 2.69. The van der Waals surface area contributed by atoms with Crippen molar-refractivity contribution >= 4 is 35.6 Å². The van der Waals surface area contributed by atoms with E-state index in [-0.39, 0.29) is 0 Å². The highest BCUT2D eigenvalue weighted by atomic mass is 32.1. The molecule has 0 saturated carbocycles. The van der Waals surface area contributed by atoms with Gasteiger partial charge in [-0.25, -0.2) is 4.98 Å². The lowest BCUT2D eigenvalue weighted by Crippen LogP contribution is -2.05. The van der Waals surface area contributed by atoms with Gasteiger partial charge in [0.25, 0.3) is 0 Å². The number of aromatic amines is 1. The minimum Gasteiger partial charge on any atom is -0.338 e. The predicted molar refractivity (Wildman–Crippen MR) is 74.3 cm³/mol. The van der Waals surface area contributed by atoms with Crippen molar-refractivity contribution in [2.24, 2.45) is 14.1 Å². The highest BCUT2D eigenvalue weighted by Crippen LogP contribution is 2.14. The van der Waals surface area contributed by atoms with E-state index in [9.17, 15) is 0 Å². The molecule has 4 nitrogen and oxygen atoms in total. The Kier molecular flexibility index (Phi) is 3.44. The highest BCUT2D eigenvalue weighted by Gasteiger charge is 2.09. The zero-order chi connectivity index (χ0) is 12.6. The van der Waals surface area contributed by atoms with Gasteiger partial charge in [0.15, 0.2) is 10.4 Å². The summed E-state index contributed by atoms with van der Waals surface area (Å²) in [5.74, 6) is 0.990. The molecule has 1 N–H and O–H groups in total. The Morgan fingerprint density at radius 1 is 1.24 bits per heavy atom. The van der Waals surface area contributed by atoms with Crippen molar-refractivity contribution in [1.82, 2.24) is 19.1 Å². The SMILES string of the molecule is CCCCc1nc2c([nH]1)c(=S)n(C)c(=S)n2C. The molecule has 0 aliphatic heterocycles. The summed E-state index contributed by atoms with van der Waals surface area (Å²) in [4.78, 5) is 7.88. The number of hydrogen-bond donors (Lipinski definition) is 1. The fraction of sp³-hybridized carbons (Fsp3) is 0.545. The number of H-pyrrole nitrogens is 1. The van der Waals surface area contributed by atoms with Crippen LogP contribution in [0.4, 0.5) is 0 Å². The van der Waals surface area contributed by atoms with E-state index in [4.69, 9.17) is 24.4 Å². The number of hydrogen-bond acceptors (Lipinski definition) is 3. The average molecular weight is 268 g/mol. The van der Waals surface area contributed by atoms with Crippen molar-refractivity contribution in [3.05, 3.63) is 15.2 Å². The zero-order valence-corrected chi connectivity index (χ0v) is 11.9. The molecule has 0 amide bonds. The van der Waals surface area contributed by atoms with Crippen molar-refractivity contribution in [3.63, 3.8) is 0 Å². The van der Waals surface area contributed by atoms with Crippen molar-refractivity contribution < 1.29 is 0 Å². The van der Waals surface area contributed by atoms with Crippen LogP contribution < -0.4 is 0 Å². The van der Waals surface area contributed by atoms with Crippen LogP contribution in [0.5, 0.6) is 0 Å². The molecule has 0 aliphatic carbocycles. The molecule has 0 aromatic carbocycles. The van der Waals surface area contributed by atoms with Gasteiger partial charge < -0.3 is 14.1 Å². The lowest BCUT2D eigenvalue weighted by atomic mass is 10.2. The summed E-state index contributed by atoms with van der Waals surface area (Å²) in [6.45, 7) is 2.17. The topological polar surface area (TPSA) is 38.5 Å². The lowest BCUT2D eigenvalue weighted by Gasteiger charge is -2.05. The van der Waals surface area contributed by atoms with Gasteiger partial charge in [0.05, 0.1) is 0 Å². The van der Waals surface area contributed by atoms with E-state index in [1.165, 1.54) is 0 Å². The molecule has 2 heterocycles. The molecule has 2 aromatic heterocycles. The Bertz CT molecular complexity index is 662. The van der Waals surface area contributed by atoms with Gasteiger partial charge in [-0.3, -0.25) is 0 Å². The maximum atomic E-state index is 5.38. The first-order valence-corrected chi connectivity index (χ1v) is 6.52.